The maximum Gasteiger partial charge on any atom is 0.160 e. The minimum atomic E-state index is -2.88. The van der Waals surface area contributed by atoms with Gasteiger partial charge in [0.25, 0.3) is 0 Å². The number of hydrogen-bond donors (Lipinski definition) is 0. The lowest BCUT2D eigenvalue weighted by Gasteiger charge is -2.04. The zero-order valence-electron chi connectivity index (χ0n) is 7.69. The van der Waals surface area contributed by atoms with Gasteiger partial charge in [0, 0.05) is 17.8 Å². The smallest absolute Gasteiger partial charge is 0.160 e. The minimum Gasteiger partial charge on any atom is -0.270 e. The largest absolute Gasteiger partial charge is 0.270 e. The molecular formula is C8H12N2O2S. The second-order valence-electron chi connectivity index (χ2n) is 3.71. The predicted molar refractivity (Wildman–Crippen MR) is 48.9 cm³/mol. The Kier molecular flexibility index (Phi) is 1.73. The van der Waals surface area contributed by atoms with Crippen LogP contribution in [0.15, 0.2) is 6.20 Å². The molecule has 1 aliphatic heterocycles. The van der Waals surface area contributed by atoms with Gasteiger partial charge in [-0.15, -0.1) is 0 Å². The fourth-order valence-electron chi connectivity index (χ4n) is 1.47. The monoisotopic (exact) mass is 200 g/mol. The molecule has 0 saturated carbocycles. The average Bonchev–Trinajstić information content (AvgIpc) is 2.39. The van der Waals surface area contributed by atoms with Gasteiger partial charge in [0.1, 0.15) is 0 Å². The van der Waals surface area contributed by atoms with Gasteiger partial charge in [0.2, 0.25) is 0 Å². The molecule has 1 aliphatic rings. The Morgan fingerprint density at radius 2 is 2.15 bits per heavy atom. The quantitative estimate of drug-likeness (QED) is 0.676. The van der Waals surface area contributed by atoms with Crippen LogP contribution >= 0.6 is 0 Å². The fraction of sp³-hybridized carbons (Fsp3) is 0.625. The second kappa shape index (κ2) is 2.57. The molecule has 1 aromatic heterocycles. The Labute approximate surface area is 77.5 Å². The van der Waals surface area contributed by atoms with Gasteiger partial charge in [-0.25, -0.2) is 8.42 Å². The van der Waals surface area contributed by atoms with E-state index in [1.807, 2.05) is 24.7 Å². The van der Waals surface area contributed by atoms with Gasteiger partial charge in [-0.3, -0.25) is 4.68 Å². The SMILES string of the molecule is CC(C)n1cc2c(n1)CS(=O)(=O)C2. The summed E-state index contributed by atoms with van der Waals surface area (Å²) in [5.74, 6) is 0.275. The number of sulfone groups is 1. The van der Waals surface area contributed by atoms with Crippen LogP contribution < -0.4 is 0 Å². The standard InChI is InChI=1S/C8H12N2O2S/c1-6(2)10-3-7-4-13(11,12)5-8(7)9-10/h3,6H,4-5H2,1-2H3. The van der Waals surface area contributed by atoms with Crippen molar-refractivity contribution in [3.63, 3.8) is 0 Å². The summed E-state index contributed by atoms with van der Waals surface area (Å²) in [6.07, 6.45) is 1.84. The zero-order chi connectivity index (χ0) is 9.64. The van der Waals surface area contributed by atoms with E-state index in [1.54, 1.807) is 0 Å². The summed E-state index contributed by atoms with van der Waals surface area (Å²) < 4.78 is 24.2. The van der Waals surface area contributed by atoms with E-state index >= 15 is 0 Å². The Bertz CT molecular complexity index is 401. The molecule has 0 atom stereocenters. The van der Waals surface area contributed by atoms with E-state index in [0.29, 0.717) is 6.04 Å². The van der Waals surface area contributed by atoms with Gasteiger partial charge in [-0.05, 0) is 13.8 Å². The molecule has 0 aromatic carbocycles. The van der Waals surface area contributed by atoms with Gasteiger partial charge in [0.05, 0.1) is 17.2 Å². The van der Waals surface area contributed by atoms with Gasteiger partial charge in [0.15, 0.2) is 9.84 Å². The third-order valence-electron chi connectivity index (χ3n) is 2.16. The number of nitrogens with zero attached hydrogens (tertiary/aromatic N) is 2. The molecule has 72 valence electrons. The summed E-state index contributed by atoms with van der Waals surface area (Å²) >= 11 is 0. The normalized spacial score (nSPS) is 19.3. The van der Waals surface area contributed by atoms with Crippen molar-refractivity contribution in [3.05, 3.63) is 17.5 Å². The summed E-state index contributed by atoms with van der Waals surface area (Å²) in [7, 11) is -2.88. The lowest BCUT2D eigenvalue weighted by molar-refractivity contribution is 0.526. The zero-order valence-corrected chi connectivity index (χ0v) is 8.50. The third-order valence-corrected chi connectivity index (χ3v) is 3.62. The fourth-order valence-corrected chi connectivity index (χ4v) is 2.95. The molecule has 0 spiro atoms. The highest BCUT2D eigenvalue weighted by atomic mass is 32.2. The van der Waals surface area contributed by atoms with Crippen LogP contribution in [0.3, 0.4) is 0 Å². The highest BCUT2D eigenvalue weighted by Gasteiger charge is 2.28. The van der Waals surface area contributed by atoms with Crippen LogP contribution in [-0.4, -0.2) is 18.2 Å². The highest BCUT2D eigenvalue weighted by Crippen LogP contribution is 2.24. The van der Waals surface area contributed by atoms with E-state index in [1.165, 1.54) is 0 Å². The molecule has 0 fully saturated rings. The van der Waals surface area contributed by atoms with Crippen LogP contribution in [0.5, 0.6) is 0 Å². The molecule has 0 amide bonds. The topological polar surface area (TPSA) is 52.0 Å². The molecule has 0 bridgehead atoms. The van der Waals surface area contributed by atoms with Gasteiger partial charge in [-0.2, -0.15) is 5.10 Å². The molecule has 5 heteroatoms. The van der Waals surface area contributed by atoms with E-state index in [4.69, 9.17) is 0 Å². The Morgan fingerprint density at radius 3 is 2.69 bits per heavy atom. The summed E-state index contributed by atoms with van der Waals surface area (Å²) in [4.78, 5) is 0. The summed E-state index contributed by atoms with van der Waals surface area (Å²) in [5.41, 5.74) is 1.60. The van der Waals surface area contributed by atoms with E-state index < -0.39 is 9.84 Å². The second-order valence-corrected chi connectivity index (χ2v) is 5.77. The van der Waals surface area contributed by atoms with Crippen molar-refractivity contribution in [1.82, 2.24) is 9.78 Å². The number of hydrogen-bond acceptors (Lipinski definition) is 3. The first-order chi connectivity index (χ1) is 5.98. The lowest BCUT2D eigenvalue weighted by atomic mass is 10.3. The maximum absolute atomic E-state index is 11.2. The molecule has 0 aliphatic carbocycles. The molecule has 13 heavy (non-hydrogen) atoms. The van der Waals surface area contributed by atoms with Crippen LogP contribution in [0, 0.1) is 0 Å². The summed E-state index contributed by atoms with van der Waals surface area (Å²) in [6, 6.07) is 0.299. The maximum atomic E-state index is 11.2. The molecule has 2 rings (SSSR count). The summed E-state index contributed by atoms with van der Waals surface area (Å²) in [5, 5.41) is 4.22. The van der Waals surface area contributed by atoms with Crippen molar-refractivity contribution in [2.45, 2.75) is 31.4 Å². The molecule has 2 heterocycles. The third kappa shape index (κ3) is 1.48. The Hall–Kier alpha value is -0.840. The Morgan fingerprint density at radius 1 is 1.46 bits per heavy atom. The van der Waals surface area contributed by atoms with Crippen LogP contribution in [-0.2, 0) is 21.3 Å². The van der Waals surface area contributed by atoms with Crippen molar-refractivity contribution in [1.29, 1.82) is 0 Å². The van der Waals surface area contributed by atoms with E-state index in [9.17, 15) is 8.42 Å². The van der Waals surface area contributed by atoms with E-state index in [2.05, 4.69) is 5.10 Å². The van der Waals surface area contributed by atoms with E-state index in [-0.39, 0.29) is 11.5 Å². The van der Waals surface area contributed by atoms with Crippen molar-refractivity contribution in [2.75, 3.05) is 0 Å². The van der Waals surface area contributed by atoms with Crippen LogP contribution in [0.2, 0.25) is 0 Å². The van der Waals surface area contributed by atoms with Crippen molar-refractivity contribution in [2.24, 2.45) is 0 Å². The molecule has 1 aromatic rings. The van der Waals surface area contributed by atoms with Crippen LogP contribution in [0.4, 0.5) is 0 Å². The van der Waals surface area contributed by atoms with Crippen LogP contribution in [0.25, 0.3) is 0 Å². The van der Waals surface area contributed by atoms with E-state index in [0.717, 1.165) is 11.3 Å². The van der Waals surface area contributed by atoms with Crippen molar-refractivity contribution in [3.8, 4) is 0 Å². The lowest BCUT2D eigenvalue weighted by Crippen LogP contribution is -2.05. The molecule has 0 unspecified atom stereocenters. The predicted octanol–water partition coefficient (Wildman–Crippen LogP) is 0.892. The van der Waals surface area contributed by atoms with Crippen molar-refractivity contribution >= 4 is 9.84 Å². The first-order valence-corrected chi connectivity index (χ1v) is 6.07. The average molecular weight is 200 g/mol. The number of aromatic nitrogens is 2. The minimum absolute atomic E-state index is 0.113. The molecule has 0 N–H and O–H groups in total. The van der Waals surface area contributed by atoms with Gasteiger partial charge in [-0.1, -0.05) is 0 Å². The summed E-state index contributed by atoms with van der Waals surface area (Å²) in [6.45, 7) is 4.05. The number of fused-ring (bicyclic) bond motifs is 1. The first-order valence-electron chi connectivity index (χ1n) is 4.25. The highest BCUT2D eigenvalue weighted by molar-refractivity contribution is 7.90. The number of rotatable bonds is 1. The molecular weight excluding hydrogens is 188 g/mol. The first kappa shape index (κ1) is 8.74. The van der Waals surface area contributed by atoms with Crippen molar-refractivity contribution < 1.29 is 8.42 Å². The Balaban J connectivity index is 2.39. The molecule has 4 nitrogen and oxygen atoms in total. The molecule has 0 saturated heterocycles. The van der Waals surface area contributed by atoms with Gasteiger partial charge >= 0.3 is 0 Å². The molecule has 0 radical (unpaired) electrons. The van der Waals surface area contributed by atoms with Crippen LogP contribution in [0.1, 0.15) is 31.1 Å². The van der Waals surface area contributed by atoms with Gasteiger partial charge < -0.3 is 0 Å².